The Morgan fingerprint density at radius 1 is 1.00 bits per heavy atom. The summed E-state index contributed by atoms with van der Waals surface area (Å²) in [7, 11) is -3.82. The minimum Gasteiger partial charge on any atom is -0.340 e. The number of pyridine rings is 1. The Morgan fingerprint density at radius 2 is 1.82 bits per heavy atom. The molecule has 0 unspecified atom stereocenters. The number of rotatable bonds is 4. The number of para-hydroxylation sites is 1. The third-order valence-electron chi connectivity index (χ3n) is 4.28. The van der Waals surface area contributed by atoms with Gasteiger partial charge in [-0.2, -0.15) is 0 Å². The summed E-state index contributed by atoms with van der Waals surface area (Å²) in [6.07, 6.45) is 3.38. The van der Waals surface area contributed by atoms with E-state index in [2.05, 4.69) is 20.3 Å². The van der Waals surface area contributed by atoms with Gasteiger partial charge in [0, 0.05) is 29.0 Å². The van der Waals surface area contributed by atoms with Crippen LogP contribution in [0, 0.1) is 6.92 Å². The Bertz CT molecular complexity index is 1270. The molecule has 28 heavy (non-hydrogen) atoms. The number of hydrogen-bond donors (Lipinski definition) is 2. The Hall–Kier alpha value is -3.36. The molecule has 0 bridgehead atoms. The number of anilines is 2. The Labute approximate surface area is 162 Å². The standard InChI is InChI=1S/C20H17N5O2S/c1-13-8-9-15(11-18(13)28(21,26)27)23-20-16-6-2-3-7-17(16)24-19(25-20)14-5-4-10-22-12-14/h2-12H,1H3,(H2,21,26,27)(H,23,24,25). The van der Waals surface area contributed by atoms with Gasteiger partial charge in [-0.25, -0.2) is 23.5 Å². The highest BCUT2D eigenvalue weighted by Gasteiger charge is 2.14. The van der Waals surface area contributed by atoms with Crippen LogP contribution in [0.2, 0.25) is 0 Å². The van der Waals surface area contributed by atoms with Crippen molar-refractivity contribution in [2.75, 3.05) is 5.32 Å². The first kappa shape index (κ1) is 18.0. The SMILES string of the molecule is Cc1ccc(Nc2nc(-c3cccnc3)nc3ccccc23)cc1S(N)(=O)=O. The van der Waals surface area contributed by atoms with Gasteiger partial charge in [-0.1, -0.05) is 18.2 Å². The topological polar surface area (TPSA) is 111 Å². The van der Waals surface area contributed by atoms with Crippen LogP contribution in [0.25, 0.3) is 22.3 Å². The Kier molecular flexibility index (Phi) is 4.50. The minimum atomic E-state index is -3.82. The van der Waals surface area contributed by atoms with Crippen LogP contribution in [0.3, 0.4) is 0 Å². The first-order chi connectivity index (χ1) is 13.4. The number of aromatic nitrogens is 3. The van der Waals surface area contributed by atoms with E-state index in [1.165, 1.54) is 6.07 Å². The lowest BCUT2D eigenvalue weighted by Gasteiger charge is -2.12. The van der Waals surface area contributed by atoms with Crippen LogP contribution in [0.1, 0.15) is 5.56 Å². The number of hydrogen-bond acceptors (Lipinski definition) is 6. The van der Waals surface area contributed by atoms with Crippen LogP contribution in [0.4, 0.5) is 11.5 Å². The molecule has 140 valence electrons. The van der Waals surface area contributed by atoms with Crippen molar-refractivity contribution in [1.29, 1.82) is 0 Å². The van der Waals surface area contributed by atoms with E-state index < -0.39 is 10.0 Å². The molecule has 7 nitrogen and oxygen atoms in total. The molecule has 2 heterocycles. The van der Waals surface area contributed by atoms with Gasteiger partial charge in [0.05, 0.1) is 10.4 Å². The van der Waals surface area contributed by atoms with E-state index in [4.69, 9.17) is 5.14 Å². The summed E-state index contributed by atoms with van der Waals surface area (Å²) < 4.78 is 23.7. The van der Waals surface area contributed by atoms with E-state index in [9.17, 15) is 8.42 Å². The van der Waals surface area contributed by atoms with E-state index in [1.807, 2.05) is 36.4 Å². The normalized spacial score (nSPS) is 11.5. The van der Waals surface area contributed by atoms with Crippen LogP contribution in [-0.4, -0.2) is 23.4 Å². The molecular weight excluding hydrogens is 374 g/mol. The van der Waals surface area contributed by atoms with Crippen molar-refractivity contribution in [3.63, 3.8) is 0 Å². The van der Waals surface area contributed by atoms with Gasteiger partial charge >= 0.3 is 0 Å². The van der Waals surface area contributed by atoms with E-state index in [0.717, 1.165) is 16.5 Å². The van der Waals surface area contributed by atoms with Gasteiger partial charge in [-0.3, -0.25) is 4.98 Å². The van der Waals surface area contributed by atoms with Crippen molar-refractivity contribution in [2.45, 2.75) is 11.8 Å². The third kappa shape index (κ3) is 3.55. The fourth-order valence-electron chi connectivity index (χ4n) is 2.92. The first-order valence-electron chi connectivity index (χ1n) is 8.49. The van der Waals surface area contributed by atoms with E-state index in [0.29, 0.717) is 22.9 Å². The number of fused-ring (bicyclic) bond motifs is 1. The molecule has 4 rings (SSSR count). The maximum Gasteiger partial charge on any atom is 0.238 e. The summed E-state index contributed by atoms with van der Waals surface area (Å²) in [6.45, 7) is 1.70. The molecule has 0 aliphatic carbocycles. The van der Waals surface area contributed by atoms with Gasteiger partial charge in [0.15, 0.2) is 5.82 Å². The van der Waals surface area contributed by atoms with Crippen LogP contribution in [0.15, 0.2) is 71.9 Å². The van der Waals surface area contributed by atoms with Gasteiger partial charge in [0.2, 0.25) is 10.0 Å². The van der Waals surface area contributed by atoms with Gasteiger partial charge < -0.3 is 5.32 Å². The predicted molar refractivity (Wildman–Crippen MR) is 109 cm³/mol. The van der Waals surface area contributed by atoms with Crippen LogP contribution in [-0.2, 0) is 10.0 Å². The molecule has 0 atom stereocenters. The second-order valence-corrected chi connectivity index (χ2v) is 7.83. The van der Waals surface area contributed by atoms with E-state index in [-0.39, 0.29) is 4.90 Å². The fourth-order valence-corrected chi connectivity index (χ4v) is 3.73. The number of aryl methyl sites for hydroxylation is 1. The number of sulfonamides is 1. The Balaban J connectivity index is 1.85. The molecule has 0 fully saturated rings. The Morgan fingerprint density at radius 3 is 2.57 bits per heavy atom. The summed E-state index contributed by atoms with van der Waals surface area (Å²) in [5.74, 6) is 1.08. The molecule has 2 aromatic carbocycles. The second-order valence-electron chi connectivity index (χ2n) is 6.30. The monoisotopic (exact) mass is 391 g/mol. The zero-order chi connectivity index (χ0) is 19.7. The number of nitrogens with two attached hydrogens (primary N) is 1. The molecule has 0 radical (unpaired) electrons. The lowest BCUT2D eigenvalue weighted by molar-refractivity contribution is 0.597. The van der Waals surface area contributed by atoms with Gasteiger partial charge in [-0.15, -0.1) is 0 Å². The molecule has 8 heteroatoms. The highest BCUT2D eigenvalue weighted by atomic mass is 32.2. The first-order valence-corrected chi connectivity index (χ1v) is 10.0. The molecule has 0 saturated carbocycles. The zero-order valence-corrected chi connectivity index (χ0v) is 15.8. The third-order valence-corrected chi connectivity index (χ3v) is 5.33. The molecule has 0 spiro atoms. The quantitative estimate of drug-likeness (QED) is 0.552. The predicted octanol–water partition coefficient (Wildman–Crippen LogP) is 3.39. The fraction of sp³-hybridized carbons (Fsp3) is 0.0500. The summed E-state index contributed by atoms with van der Waals surface area (Å²) in [5.41, 5.74) is 2.69. The van der Waals surface area contributed by atoms with Crippen molar-refractivity contribution in [2.24, 2.45) is 5.14 Å². The van der Waals surface area contributed by atoms with E-state index in [1.54, 1.807) is 31.5 Å². The maximum atomic E-state index is 11.8. The summed E-state index contributed by atoms with van der Waals surface area (Å²) in [4.78, 5) is 13.4. The average molecular weight is 391 g/mol. The van der Waals surface area contributed by atoms with Gasteiger partial charge in [0.1, 0.15) is 5.82 Å². The van der Waals surface area contributed by atoms with Crippen molar-refractivity contribution in [3.8, 4) is 11.4 Å². The second kappa shape index (κ2) is 6.99. The zero-order valence-electron chi connectivity index (χ0n) is 15.0. The molecule has 0 aliphatic heterocycles. The van der Waals surface area contributed by atoms with Crippen molar-refractivity contribution < 1.29 is 8.42 Å². The van der Waals surface area contributed by atoms with Crippen molar-refractivity contribution in [3.05, 3.63) is 72.6 Å². The number of nitrogens with one attached hydrogen (secondary N) is 1. The van der Waals surface area contributed by atoms with E-state index >= 15 is 0 Å². The minimum absolute atomic E-state index is 0.0725. The van der Waals surface area contributed by atoms with Crippen molar-refractivity contribution >= 4 is 32.4 Å². The smallest absolute Gasteiger partial charge is 0.238 e. The molecule has 2 aromatic heterocycles. The summed E-state index contributed by atoms with van der Waals surface area (Å²) in [5, 5.41) is 9.34. The largest absolute Gasteiger partial charge is 0.340 e. The molecule has 3 N–H and O–H groups in total. The lowest BCUT2D eigenvalue weighted by atomic mass is 10.2. The van der Waals surface area contributed by atoms with Gasteiger partial charge in [-0.05, 0) is 48.9 Å². The maximum absolute atomic E-state index is 11.8. The number of primary sulfonamides is 1. The molecular formula is C20H17N5O2S. The lowest BCUT2D eigenvalue weighted by Crippen LogP contribution is -2.14. The van der Waals surface area contributed by atoms with Crippen LogP contribution < -0.4 is 10.5 Å². The summed E-state index contributed by atoms with van der Waals surface area (Å²) >= 11 is 0. The summed E-state index contributed by atoms with van der Waals surface area (Å²) in [6, 6.07) is 16.3. The molecule has 4 aromatic rings. The number of benzene rings is 2. The molecule has 0 amide bonds. The molecule has 0 saturated heterocycles. The van der Waals surface area contributed by atoms with Gasteiger partial charge in [0.25, 0.3) is 0 Å². The molecule has 0 aliphatic rings. The van der Waals surface area contributed by atoms with Crippen LogP contribution >= 0.6 is 0 Å². The highest BCUT2D eigenvalue weighted by molar-refractivity contribution is 7.89. The average Bonchev–Trinajstić information content (AvgIpc) is 2.69. The number of nitrogens with zero attached hydrogens (tertiary/aromatic N) is 3. The van der Waals surface area contributed by atoms with Crippen molar-refractivity contribution in [1.82, 2.24) is 15.0 Å². The van der Waals surface area contributed by atoms with Crippen LogP contribution in [0.5, 0.6) is 0 Å². The highest BCUT2D eigenvalue weighted by Crippen LogP contribution is 2.28.